The zero-order valence-electron chi connectivity index (χ0n) is 18.6. The van der Waals surface area contributed by atoms with Gasteiger partial charge < -0.3 is 10.6 Å². The van der Waals surface area contributed by atoms with E-state index in [-0.39, 0.29) is 11.9 Å². The number of nitrogens with one attached hydrogen (secondary N) is 2. The highest BCUT2D eigenvalue weighted by Gasteiger charge is 2.21. The van der Waals surface area contributed by atoms with Crippen molar-refractivity contribution < 1.29 is 4.79 Å². The zero-order chi connectivity index (χ0) is 22.6. The molecule has 1 amide bonds. The van der Waals surface area contributed by atoms with Crippen LogP contribution in [0.15, 0.2) is 85.1 Å². The number of carbonyl (C=O) groups excluding carboxylic acids is 1. The molecule has 1 aliphatic rings. The molecule has 0 fully saturated rings. The van der Waals surface area contributed by atoms with Crippen molar-refractivity contribution in [2.75, 3.05) is 5.32 Å². The van der Waals surface area contributed by atoms with Crippen molar-refractivity contribution in [3.05, 3.63) is 107 Å². The van der Waals surface area contributed by atoms with Crippen molar-refractivity contribution in [3.63, 3.8) is 0 Å². The molecule has 1 atom stereocenters. The molecule has 0 spiro atoms. The number of anilines is 2. The molecular weight excluding hydrogens is 408 g/mol. The minimum Gasteiger partial charge on any atom is -0.345 e. The van der Waals surface area contributed by atoms with Crippen LogP contribution in [0.4, 0.5) is 11.5 Å². The topological polar surface area (TPSA) is 66.9 Å². The third-order valence-corrected chi connectivity index (χ3v) is 6.06. The first kappa shape index (κ1) is 20.9. The van der Waals surface area contributed by atoms with Gasteiger partial charge in [0.25, 0.3) is 5.91 Å². The summed E-state index contributed by atoms with van der Waals surface area (Å²) in [6.45, 7) is 2.06. The smallest absolute Gasteiger partial charge is 0.251 e. The molecule has 1 heterocycles. The average Bonchev–Trinajstić information content (AvgIpc) is 2.85. The van der Waals surface area contributed by atoms with Gasteiger partial charge in [0.15, 0.2) is 5.82 Å². The third kappa shape index (κ3) is 4.77. The monoisotopic (exact) mass is 434 g/mol. The molecule has 0 saturated carbocycles. The van der Waals surface area contributed by atoms with Crippen LogP contribution in [0.2, 0.25) is 0 Å². The van der Waals surface area contributed by atoms with Crippen LogP contribution in [0.3, 0.4) is 0 Å². The molecule has 0 aliphatic heterocycles. The van der Waals surface area contributed by atoms with Crippen LogP contribution in [-0.4, -0.2) is 15.9 Å². The SMILES string of the molecule is Cc1ccc(-c2nccc(Nc3ccc(C(=O)N[C@H]4CCCc5ccccc54)cc3)n2)cc1. The summed E-state index contributed by atoms with van der Waals surface area (Å²) < 4.78 is 0. The fourth-order valence-corrected chi connectivity index (χ4v) is 4.27. The van der Waals surface area contributed by atoms with Gasteiger partial charge in [-0.1, -0.05) is 54.1 Å². The molecule has 5 heteroatoms. The Hall–Kier alpha value is -3.99. The van der Waals surface area contributed by atoms with E-state index >= 15 is 0 Å². The summed E-state index contributed by atoms with van der Waals surface area (Å²) in [6.07, 6.45) is 4.89. The molecule has 2 N–H and O–H groups in total. The second-order valence-electron chi connectivity index (χ2n) is 8.45. The van der Waals surface area contributed by atoms with E-state index in [1.807, 2.05) is 48.5 Å². The van der Waals surface area contributed by atoms with Crippen LogP contribution in [0, 0.1) is 6.92 Å². The molecule has 164 valence electrons. The summed E-state index contributed by atoms with van der Waals surface area (Å²) in [7, 11) is 0. The molecule has 1 aliphatic carbocycles. The van der Waals surface area contributed by atoms with E-state index in [0.717, 1.165) is 30.5 Å². The number of fused-ring (bicyclic) bond motifs is 1. The number of amides is 1. The first-order valence-electron chi connectivity index (χ1n) is 11.3. The number of nitrogens with zero attached hydrogens (tertiary/aromatic N) is 2. The Morgan fingerprint density at radius 2 is 1.73 bits per heavy atom. The molecule has 3 aromatic carbocycles. The minimum absolute atomic E-state index is 0.0491. The van der Waals surface area contributed by atoms with Gasteiger partial charge >= 0.3 is 0 Å². The number of carbonyl (C=O) groups is 1. The van der Waals surface area contributed by atoms with Crippen LogP contribution >= 0.6 is 0 Å². The Morgan fingerprint density at radius 1 is 0.939 bits per heavy atom. The predicted octanol–water partition coefficient (Wildman–Crippen LogP) is 6.00. The predicted molar refractivity (Wildman–Crippen MR) is 132 cm³/mol. The first-order valence-corrected chi connectivity index (χ1v) is 11.3. The molecular formula is C28H26N4O. The summed E-state index contributed by atoms with van der Waals surface area (Å²) in [5, 5.41) is 6.51. The number of hydrogen-bond donors (Lipinski definition) is 2. The maximum atomic E-state index is 12.9. The summed E-state index contributed by atoms with van der Waals surface area (Å²) in [6, 6.07) is 25.9. The Balaban J connectivity index is 1.26. The van der Waals surface area contributed by atoms with E-state index in [1.54, 1.807) is 6.20 Å². The quantitative estimate of drug-likeness (QED) is 0.404. The van der Waals surface area contributed by atoms with Gasteiger partial charge in [-0.2, -0.15) is 0 Å². The number of aromatic nitrogens is 2. The van der Waals surface area contributed by atoms with E-state index in [9.17, 15) is 4.79 Å². The lowest BCUT2D eigenvalue weighted by molar-refractivity contribution is 0.0933. The highest BCUT2D eigenvalue weighted by Crippen LogP contribution is 2.29. The summed E-state index contributed by atoms with van der Waals surface area (Å²) in [5.41, 5.74) is 6.26. The van der Waals surface area contributed by atoms with Gasteiger partial charge in [0.05, 0.1) is 6.04 Å². The third-order valence-electron chi connectivity index (χ3n) is 6.06. The Labute approximate surface area is 193 Å². The summed E-state index contributed by atoms with van der Waals surface area (Å²) in [5.74, 6) is 1.33. The fraction of sp³-hybridized carbons (Fsp3) is 0.179. The van der Waals surface area contributed by atoms with E-state index in [0.29, 0.717) is 17.2 Å². The molecule has 5 rings (SSSR count). The van der Waals surface area contributed by atoms with Crippen molar-refractivity contribution in [3.8, 4) is 11.4 Å². The Bertz CT molecular complexity index is 1270. The average molecular weight is 435 g/mol. The van der Waals surface area contributed by atoms with Crippen molar-refractivity contribution in [1.29, 1.82) is 0 Å². The van der Waals surface area contributed by atoms with Crippen LogP contribution in [0.25, 0.3) is 11.4 Å². The van der Waals surface area contributed by atoms with Crippen LogP contribution in [0.1, 0.15) is 45.9 Å². The van der Waals surface area contributed by atoms with E-state index in [4.69, 9.17) is 0 Å². The first-order chi connectivity index (χ1) is 16.2. The number of aryl methyl sites for hydroxylation is 2. The maximum absolute atomic E-state index is 12.9. The lowest BCUT2D eigenvalue weighted by Gasteiger charge is -2.26. The normalized spacial score (nSPS) is 14.9. The van der Waals surface area contributed by atoms with Crippen molar-refractivity contribution in [2.24, 2.45) is 0 Å². The number of benzene rings is 3. The highest BCUT2D eigenvalue weighted by molar-refractivity contribution is 5.94. The zero-order valence-corrected chi connectivity index (χ0v) is 18.6. The number of rotatable bonds is 5. The van der Waals surface area contributed by atoms with Gasteiger partial charge in [-0.25, -0.2) is 9.97 Å². The van der Waals surface area contributed by atoms with Crippen LogP contribution in [0.5, 0.6) is 0 Å². The summed E-state index contributed by atoms with van der Waals surface area (Å²) in [4.78, 5) is 21.9. The van der Waals surface area contributed by atoms with Crippen LogP contribution < -0.4 is 10.6 Å². The maximum Gasteiger partial charge on any atom is 0.251 e. The van der Waals surface area contributed by atoms with E-state index in [2.05, 4.69) is 57.9 Å². The summed E-state index contributed by atoms with van der Waals surface area (Å²) >= 11 is 0. The molecule has 5 nitrogen and oxygen atoms in total. The molecule has 0 radical (unpaired) electrons. The number of hydrogen-bond acceptors (Lipinski definition) is 4. The molecule has 4 aromatic rings. The Morgan fingerprint density at radius 3 is 2.55 bits per heavy atom. The van der Waals surface area contributed by atoms with Crippen molar-refractivity contribution >= 4 is 17.4 Å². The van der Waals surface area contributed by atoms with Gasteiger partial charge in [-0.15, -0.1) is 0 Å². The molecule has 0 unspecified atom stereocenters. The minimum atomic E-state index is -0.0491. The lowest BCUT2D eigenvalue weighted by Crippen LogP contribution is -2.30. The van der Waals surface area contributed by atoms with Crippen LogP contribution in [-0.2, 0) is 6.42 Å². The lowest BCUT2D eigenvalue weighted by atomic mass is 9.87. The van der Waals surface area contributed by atoms with Gasteiger partial charge in [0.1, 0.15) is 5.82 Å². The van der Waals surface area contributed by atoms with Crippen molar-refractivity contribution in [2.45, 2.75) is 32.2 Å². The van der Waals surface area contributed by atoms with Gasteiger partial charge in [-0.05, 0) is 67.6 Å². The molecule has 33 heavy (non-hydrogen) atoms. The second kappa shape index (κ2) is 9.25. The van der Waals surface area contributed by atoms with Gasteiger partial charge in [0, 0.05) is 23.0 Å². The fourth-order valence-electron chi connectivity index (χ4n) is 4.27. The van der Waals surface area contributed by atoms with E-state index < -0.39 is 0 Å². The highest BCUT2D eigenvalue weighted by atomic mass is 16.1. The molecule has 1 aromatic heterocycles. The van der Waals surface area contributed by atoms with Gasteiger partial charge in [0.2, 0.25) is 0 Å². The molecule has 0 bridgehead atoms. The van der Waals surface area contributed by atoms with E-state index in [1.165, 1.54) is 16.7 Å². The Kier molecular flexibility index (Phi) is 5.85. The standard InChI is InChI=1S/C28H26N4O/c1-19-9-11-21(12-10-19)27-29-18-17-26(32-27)30-23-15-13-22(14-16-23)28(33)31-25-8-4-6-20-5-2-3-7-24(20)25/h2-3,5,7,9-18,25H,4,6,8H2,1H3,(H,31,33)(H,29,30,32)/t25-/m0/s1. The van der Waals surface area contributed by atoms with Gasteiger partial charge in [-0.3, -0.25) is 4.79 Å². The largest absolute Gasteiger partial charge is 0.345 e. The molecule has 0 saturated heterocycles. The second-order valence-corrected chi connectivity index (χ2v) is 8.45. The van der Waals surface area contributed by atoms with Crippen molar-refractivity contribution in [1.82, 2.24) is 15.3 Å².